The molecule has 0 bridgehead atoms. The summed E-state index contributed by atoms with van der Waals surface area (Å²) in [6.07, 6.45) is 14.7. The average Bonchev–Trinajstić information content (AvgIpc) is 2.40. The predicted octanol–water partition coefficient (Wildman–Crippen LogP) is 4.42. The molecular formula is C17H30O2. The lowest BCUT2D eigenvalue weighted by Crippen LogP contribution is -2.11. The number of hydrogen-bond donors (Lipinski definition) is 1. The van der Waals surface area contributed by atoms with Crippen LogP contribution < -0.4 is 0 Å². The van der Waals surface area contributed by atoms with Gasteiger partial charge in [0, 0.05) is 13.0 Å². The minimum absolute atomic E-state index is 0.331. The van der Waals surface area contributed by atoms with Gasteiger partial charge in [0.1, 0.15) is 0 Å². The smallest absolute Gasteiger partial charge is 0.155 e. The maximum atomic E-state index is 11.4. The number of carbonyl (C=O) groups is 1. The fourth-order valence-electron chi connectivity index (χ4n) is 2.79. The molecule has 1 atom stereocenters. The van der Waals surface area contributed by atoms with Gasteiger partial charge in [0.05, 0.1) is 0 Å². The largest absolute Gasteiger partial charge is 0.396 e. The summed E-state index contributed by atoms with van der Waals surface area (Å²) in [5, 5.41) is 8.67. The van der Waals surface area contributed by atoms with Gasteiger partial charge in [-0.1, -0.05) is 51.0 Å². The molecular weight excluding hydrogens is 236 g/mol. The van der Waals surface area contributed by atoms with Crippen LogP contribution in [0.25, 0.3) is 0 Å². The van der Waals surface area contributed by atoms with E-state index >= 15 is 0 Å². The Kier molecular flexibility index (Phi) is 8.81. The molecule has 0 fully saturated rings. The quantitative estimate of drug-likeness (QED) is 0.594. The molecule has 0 amide bonds. The Hall–Kier alpha value is -0.630. The Balaban J connectivity index is 1.97. The number of unbranched alkanes of at least 4 members (excludes halogenated alkanes) is 7. The highest BCUT2D eigenvalue weighted by atomic mass is 16.2. The van der Waals surface area contributed by atoms with Crippen LogP contribution in [0, 0.1) is 5.92 Å². The first-order valence-electron chi connectivity index (χ1n) is 8.08. The SMILES string of the molecule is CC1CCC(=O)C=C1CCCCCCCCCCO. The van der Waals surface area contributed by atoms with Crippen molar-refractivity contribution in [2.24, 2.45) is 5.92 Å². The van der Waals surface area contributed by atoms with Gasteiger partial charge < -0.3 is 5.11 Å². The van der Waals surface area contributed by atoms with E-state index in [2.05, 4.69) is 6.92 Å². The number of allylic oxidation sites excluding steroid dienone is 2. The summed E-state index contributed by atoms with van der Waals surface area (Å²) in [5.74, 6) is 0.952. The van der Waals surface area contributed by atoms with Crippen molar-refractivity contribution in [2.75, 3.05) is 6.61 Å². The van der Waals surface area contributed by atoms with Crippen molar-refractivity contribution >= 4 is 5.78 Å². The molecule has 2 nitrogen and oxygen atoms in total. The zero-order chi connectivity index (χ0) is 13.9. The van der Waals surface area contributed by atoms with E-state index in [1.165, 1.54) is 50.5 Å². The highest BCUT2D eigenvalue weighted by molar-refractivity contribution is 5.91. The first-order valence-corrected chi connectivity index (χ1v) is 8.08. The van der Waals surface area contributed by atoms with Gasteiger partial charge in [-0.25, -0.2) is 0 Å². The number of rotatable bonds is 10. The van der Waals surface area contributed by atoms with Crippen molar-refractivity contribution in [3.8, 4) is 0 Å². The van der Waals surface area contributed by atoms with Gasteiger partial charge in [-0.3, -0.25) is 4.79 Å². The van der Waals surface area contributed by atoms with Gasteiger partial charge in [-0.2, -0.15) is 0 Å². The number of aliphatic hydroxyl groups is 1. The molecule has 1 aliphatic carbocycles. The van der Waals surface area contributed by atoms with Crippen LogP contribution in [0.5, 0.6) is 0 Å². The van der Waals surface area contributed by atoms with Crippen LogP contribution in [0.3, 0.4) is 0 Å². The predicted molar refractivity (Wildman–Crippen MR) is 80.1 cm³/mol. The van der Waals surface area contributed by atoms with Crippen LogP contribution in [0.1, 0.15) is 77.6 Å². The van der Waals surface area contributed by atoms with E-state index in [1.807, 2.05) is 6.08 Å². The lowest BCUT2D eigenvalue weighted by molar-refractivity contribution is -0.115. The van der Waals surface area contributed by atoms with E-state index < -0.39 is 0 Å². The maximum Gasteiger partial charge on any atom is 0.155 e. The monoisotopic (exact) mass is 266 g/mol. The summed E-state index contributed by atoms with van der Waals surface area (Å²) in [7, 11) is 0. The van der Waals surface area contributed by atoms with Crippen LogP contribution in [0.4, 0.5) is 0 Å². The fourth-order valence-corrected chi connectivity index (χ4v) is 2.79. The van der Waals surface area contributed by atoms with Crippen LogP contribution in [-0.4, -0.2) is 17.5 Å². The molecule has 1 aliphatic rings. The normalized spacial score (nSPS) is 19.6. The van der Waals surface area contributed by atoms with Crippen molar-refractivity contribution in [3.05, 3.63) is 11.6 Å². The van der Waals surface area contributed by atoms with E-state index in [1.54, 1.807) is 0 Å². The molecule has 1 rings (SSSR count). The maximum absolute atomic E-state index is 11.4. The molecule has 0 aromatic carbocycles. The van der Waals surface area contributed by atoms with Crippen LogP contribution in [0.15, 0.2) is 11.6 Å². The van der Waals surface area contributed by atoms with E-state index in [9.17, 15) is 4.79 Å². The minimum Gasteiger partial charge on any atom is -0.396 e. The second kappa shape index (κ2) is 10.2. The minimum atomic E-state index is 0.331. The lowest BCUT2D eigenvalue weighted by atomic mass is 9.85. The lowest BCUT2D eigenvalue weighted by Gasteiger charge is -2.19. The molecule has 2 heteroatoms. The Labute approximate surface area is 118 Å². The number of hydrogen-bond acceptors (Lipinski definition) is 2. The highest BCUT2D eigenvalue weighted by Crippen LogP contribution is 2.26. The fraction of sp³-hybridized carbons (Fsp3) is 0.824. The summed E-state index contributed by atoms with van der Waals surface area (Å²) in [6.45, 7) is 2.59. The van der Waals surface area contributed by atoms with E-state index in [-0.39, 0.29) is 0 Å². The molecule has 110 valence electrons. The number of ketones is 1. The van der Waals surface area contributed by atoms with Crippen molar-refractivity contribution in [1.29, 1.82) is 0 Å². The summed E-state index contributed by atoms with van der Waals surface area (Å²) in [6, 6.07) is 0. The van der Waals surface area contributed by atoms with Crippen LogP contribution >= 0.6 is 0 Å². The highest BCUT2D eigenvalue weighted by Gasteiger charge is 2.16. The molecule has 0 spiro atoms. The first-order chi connectivity index (χ1) is 9.24. The molecule has 19 heavy (non-hydrogen) atoms. The molecule has 0 saturated carbocycles. The standard InChI is InChI=1S/C17H30O2/c1-15-11-12-17(19)14-16(15)10-8-6-4-2-3-5-7-9-13-18/h14-15,18H,2-13H2,1H3. The van der Waals surface area contributed by atoms with E-state index in [0.717, 1.165) is 25.7 Å². The molecule has 0 aromatic heterocycles. The van der Waals surface area contributed by atoms with E-state index in [0.29, 0.717) is 18.3 Å². The third-order valence-corrected chi connectivity index (χ3v) is 4.18. The second-order valence-electron chi connectivity index (χ2n) is 5.93. The number of aliphatic hydroxyl groups excluding tert-OH is 1. The van der Waals surface area contributed by atoms with Gasteiger partial charge >= 0.3 is 0 Å². The summed E-state index contributed by atoms with van der Waals surface area (Å²) in [4.78, 5) is 11.4. The third-order valence-electron chi connectivity index (χ3n) is 4.18. The summed E-state index contributed by atoms with van der Waals surface area (Å²) in [5.41, 5.74) is 1.39. The zero-order valence-electron chi connectivity index (χ0n) is 12.5. The molecule has 0 aromatic rings. The third kappa shape index (κ3) is 7.51. The Morgan fingerprint density at radius 3 is 2.26 bits per heavy atom. The van der Waals surface area contributed by atoms with Crippen molar-refractivity contribution < 1.29 is 9.90 Å². The van der Waals surface area contributed by atoms with Gasteiger partial charge in [-0.15, -0.1) is 0 Å². The van der Waals surface area contributed by atoms with Crippen LogP contribution in [-0.2, 0) is 4.79 Å². The van der Waals surface area contributed by atoms with Crippen molar-refractivity contribution in [2.45, 2.75) is 77.6 Å². The molecule has 1 N–H and O–H groups in total. The van der Waals surface area contributed by atoms with Crippen LogP contribution in [0.2, 0.25) is 0 Å². The Morgan fingerprint density at radius 2 is 1.63 bits per heavy atom. The molecule has 0 aliphatic heterocycles. The topological polar surface area (TPSA) is 37.3 Å². The zero-order valence-corrected chi connectivity index (χ0v) is 12.5. The number of carbonyl (C=O) groups excluding carboxylic acids is 1. The van der Waals surface area contributed by atoms with Gasteiger partial charge in [0.15, 0.2) is 5.78 Å². The van der Waals surface area contributed by atoms with Gasteiger partial charge in [0.25, 0.3) is 0 Å². The molecule has 1 unspecified atom stereocenters. The van der Waals surface area contributed by atoms with Crippen molar-refractivity contribution in [3.63, 3.8) is 0 Å². The summed E-state index contributed by atoms with van der Waals surface area (Å²) >= 11 is 0. The van der Waals surface area contributed by atoms with Gasteiger partial charge in [0.2, 0.25) is 0 Å². The molecule has 0 radical (unpaired) electrons. The summed E-state index contributed by atoms with van der Waals surface area (Å²) < 4.78 is 0. The van der Waals surface area contributed by atoms with E-state index in [4.69, 9.17) is 5.11 Å². The Morgan fingerprint density at radius 1 is 1.05 bits per heavy atom. The van der Waals surface area contributed by atoms with Crippen molar-refractivity contribution in [1.82, 2.24) is 0 Å². The first kappa shape index (κ1) is 16.4. The second-order valence-corrected chi connectivity index (χ2v) is 5.93. The average molecular weight is 266 g/mol. The Bertz CT molecular complexity index is 281. The van der Waals surface area contributed by atoms with Gasteiger partial charge in [-0.05, 0) is 37.7 Å². The molecule has 0 heterocycles. The molecule has 0 saturated heterocycles.